The average molecular weight is 812 g/mol. The molecule has 0 saturated carbocycles. The number of anilines is 2. The largest absolute Gasteiger partial charge is 0.433 e. The Balaban J connectivity index is 1.22. The van der Waals surface area contributed by atoms with Crippen molar-refractivity contribution in [2.75, 3.05) is 82.4 Å². The minimum absolute atomic E-state index is 0.0557. The fraction of sp³-hybridized carbons (Fsp3) is 0.378. The van der Waals surface area contributed by atoms with Crippen molar-refractivity contribution in [3.05, 3.63) is 131 Å². The number of hydrogen-bond acceptors (Lipinski definition) is 8. The lowest BCUT2D eigenvalue weighted by molar-refractivity contribution is -0.145. The minimum atomic E-state index is -4.59. The Hall–Kier alpha value is -5.73. The molecule has 2 aliphatic heterocycles. The van der Waals surface area contributed by atoms with Crippen LogP contribution in [0.1, 0.15) is 34.9 Å². The zero-order valence-electron chi connectivity index (χ0n) is 33.6. The number of likely N-dealkylation sites (N-methyl/N-ethyl adjacent to an activating group) is 1. The number of aromatic nitrogens is 1. The highest BCUT2D eigenvalue weighted by molar-refractivity contribution is 5.95. The smallest absolute Gasteiger partial charge is 0.395 e. The van der Waals surface area contributed by atoms with Crippen molar-refractivity contribution in [3.8, 4) is 0 Å². The molecule has 2 fully saturated rings. The molecule has 0 bridgehead atoms. The summed E-state index contributed by atoms with van der Waals surface area (Å²) in [5.74, 6) is -0.585. The number of aliphatic hydroxyl groups excluding tert-OH is 1. The number of halogens is 3. The summed E-state index contributed by atoms with van der Waals surface area (Å²) in [6.45, 7) is 7.93. The third kappa shape index (κ3) is 11.7. The molecule has 1 aromatic heterocycles. The molecule has 4 aromatic rings. The van der Waals surface area contributed by atoms with Crippen molar-refractivity contribution in [2.24, 2.45) is 0 Å². The van der Waals surface area contributed by atoms with Gasteiger partial charge in [0.05, 0.1) is 6.61 Å². The van der Waals surface area contributed by atoms with E-state index in [1.54, 1.807) is 11.8 Å². The number of carbonyl (C=O) groups excluding carboxylic acids is 3. The summed E-state index contributed by atoms with van der Waals surface area (Å²) in [4.78, 5) is 56.1. The van der Waals surface area contributed by atoms with E-state index in [1.807, 2.05) is 88.5 Å². The second-order valence-corrected chi connectivity index (χ2v) is 15.1. The Morgan fingerprint density at radius 2 is 1.44 bits per heavy atom. The van der Waals surface area contributed by atoms with Crippen LogP contribution in [-0.2, 0) is 40.1 Å². The van der Waals surface area contributed by atoms with Crippen molar-refractivity contribution in [3.63, 3.8) is 0 Å². The van der Waals surface area contributed by atoms with Crippen LogP contribution in [0.2, 0.25) is 0 Å². The number of carbonyl (C=O) groups is 3. The van der Waals surface area contributed by atoms with Gasteiger partial charge in [0, 0.05) is 116 Å². The zero-order valence-corrected chi connectivity index (χ0v) is 33.6. The van der Waals surface area contributed by atoms with E-state index in [9.17, 15) is 32.7 Å². The van der Waals surface area contributed by atoms with E-state index in [2.05, 4.69) is 26.9 Å². The summed E-state index contributed by atoms with van der Waals surface area (Å²) in [6, 6.07) is 26.9. The van der Waals surface area contributed by atoms with E-state index in [0.717, 1.165) is 46.9 Å². The molecule has 0 spiro atoms. The quantitative estimate of drug-likeness (QED) is 0.174. The number of benzene rings is 3. The van der Waals surface area contributed by atoms with Crippen LogP contribution in [0.5, 0.6) is 0 Å². The third-order valence-corrected chi connectivity index (χ3v) is 11.0. The Morgan fingerprint density at radius 3 is 2.03 bits per heavy atom. The first-order valence-corrected chi connectivity index (χ1v) is 20.0. The summed E-state index contributed by atoms with van der Waals surface area (Å²) >= 11 is 0. The molecule has 0 aliphatic carbocycles. The van der Waals surface area contributed by atoms with Gasteiger partial charge in [0.15, 0.2) is 0 Å². The van der Waals surface area contributed by atoms with E-state index in [4.69, 9.17) is 0 Å². The van der Waals surface area contributed by atoms with Crippen LogP contribution in [0.4, 0.5) is 24.5 Å². The molecule has 59 heavy (non-hydrogen) atoms. The zero-order chi connectivity index (χ0) is 41.9. The second-order valence-electron chi connectivity index (χ2n) is 15.1. The van der Waals surface area contributed by atoms with Crippen molar-refractivity contribution >= 4 is 35.2 Å². The molecule has 1 N–H and O–H groups in total. The number of rotatable bonds is 14. The fourth-order valence-corrected chi connectivity index (χ4v) is 7.46. The third-order valence-electron chi connectivity index (χ3n) is 11.0. The van der Waals surface area contributed by atoms with Crippen LogP contribution >= 0.6 is 0 Å². The first-order chi connectivity index (χ1) is 28.4. The van der Waals surface area contributed by atoms with E-state index < -0.39 is 23.8 Å². The number of hydrogen-bond donors (Lipinski definition) is 1. The molecule has 3 aromatic carbocycles. The molecule has 0 unspecified atom stereocenters. The summed E-state index contributed by atoms with van der Waals surface area (Å²) in [5, 5.41) is 9.29. The van der Waals surface area contributed by atoms with E-state index in [-0.39, 0.29) is 31.4 Å². The molecular formula is C45H52F3N7O4. The van der Waals surface area contributed by atoms with Gasteiger partial charge in [-0.2, -0.15) is 13.2 Å². The monoisotopic (exact) mass is 811 g/mol. The Morgan fingerprint density at radius 1 is 0.797 bits per heavy atom. The summed E-state index contributed by atoms with van der Waals surface area (Å²) in [6.07, 6.45) is -0.540. The van der Waals surface area contributed by atoms with Crippen LogP contribution in [-0.4, -0.2) is 126 Å². The van der Waals surface area contributed by atoms with Gasteiger partial charge in [0.1, 0.15) is 11.7 Å². The van der Waals surface area contributed by atoms with Crippen LogP contribution in [0.15, 0.2) is 103 Å². The van der Waals surface area contributed by atoms with Gasteiger partial charge >= 0.3 is 6.18 Å². The first-order valence-electron chi connectivity index (χ1n) is 20.0. The minimum Gasteiger partial charge on any atom is -0.395 e. The fourth-order valence-electron chi connectivity index (χ4n) is 7.46. The maximum atomic E-state index is 14.7. The number of pyridine rings is 1. The number of alkyl halides is 3. The molecule has 14 heteroatoms. The lowest BCUT2D eigenvalue weighted by Crippen LogP contribution is -2.56. The number of nitrogens with zero attached hydrogens (tertiary/aromatic N) is 7. The maximum Gasteiger partial charge on any atom is 0.433 e. The maximum absolute atomic E-state index is 14.7. The topological polar surface area (TPSA) is 104 Å². The number of piperazine rings is 2. The highest BCUT2D eigenvalue weighted by Gasteiger charge is 2.35. The molecule has 2 saturated heterocycles. The molecule has 0 radical (unpaired) electrons. The molecule has 1 atom stereocenters. The predicted molar refractivity (Wildman–Crippen MR) is 222 cm³/mol. The predicted octanol–water partition coefficient (Wildman–Crippen LogP) is 5.20. The average Bonchev–Trinajstić information content (AvgIpc) is 3.25. The molecule has 11 nitrogen and oxygen atoms in total. The van der Waals surface area contributed by atoms with Crippen LogP contribution < -0.4 is 9.80 Å². The second kappa shape index (κ2) is 19.8. The van der Waals surface area contributed by atoms with Gasteiger partial charge in [-0.05, 0) is 58.7 Å². The molecule has 6 rings (SSSR count). The Bertz CT molecular complexity index is 2010. The lowest BCUT2D eigenvalue weighted by Gasteiger charge is -2.39. The summed E-state index contributed by atoms with van der Waals surface area (Å²) < 4.78 is 39.6. The van der Waals surface area contributed by atoms with Gasteiger partial charge in [-0.25, -0.2) is 0 Å². The van der Waals surface area contributed by atoms with Crippen LogP contribution in [0.25, 0.3) is 6.08 Å². The van der Waals surface area contributed by atoms with Gasteiger partial charge in [-0.15, -0.1) is 0 Å². The Kier molecular flexibility index (Phi) is 14.4. The van der Waals surface area contributed by atoms with Gasteiger partial charge < -0.3 is 29.6 Å². The van der Waals surface area contributed by atoms with Crippen molar-refractivity contribution in [2.45, 2.75) is 38.7 Å². The van der Waals surface area contributed by atoms with Crippen LogP contribution in [0, 0.1) is 0 Å². The van der Waals surface area contributed by atoms with Gasteiger partial charge in [0.25, 0.3) is 0 Å². The first kappa shape index (κ1) is 42.9. The molecule has 3 heterocycles. The highest BCUT2D eigenvalue weighted by Crippen LogP contribution is 2.28. The van der Waals surface area contributed by atoms with E-state index in [0.29, 0.717) is 64.5 Å². The van der Waals surface area contributed by atoms with E-state index >= 15 is 0 Å². The Labute approximate surface area is 343 Å². The van der Waals surface area contributed by atoms with Gasteiger partial charge in [-0.3, -0.25) is 24.3 Å². The van der Waals surface area contributed by atoms with Crippen molar-refractivity contribution < 1.29 is 32.7 Å². The van der Waals surface area contributed by atoms with Crippen molar-refractivity contribution in [1.29, 1.82) is 0 Å². The van der Waals surface area contributed by atoms with Gasteiger partial charge in [0.2, 0.25) is 17.7 Å². The standard InChI is InChI=1S/C45H52F3N7O4/c1-34(57)52-24-26-53(27-25-52)40-16-10-38(11-17-40)33-55(43(58)19-13-36-12-18-42(49-31-36)45(46,47)48)41(30-35-6-4-3-5-7-35)44(59)54-22-20-51(21-23-54)32-37-8-14-39(15-9-37)50(2)28-29-56/h3-19,31,41,56H,20-30,32-33H2,1-2H3/b19-13+/t41-/m0/s1. The number of amides is 3. The lowest BCUT2D eigenvalue weighted by atomic mass is 10.0. The number of aliphatic hydroxyl groups is 1. The summed E-state index contributed by atoms with van der Waals surface area (Å²) in [5.41, 5.74) is 4.13. The van der Waals surface area contributed by atoms with E-state index in [1.165, 1.54) is 18.2 Å². The summed E-state index contributed by atoms with van der Waals surface area (Å²) in [7, 11) is 1.94. The molecule has 2 aliphatic rings. The molecular weight excluding hydrogens is 760 g/mol. The highest BCUT2D eigenvalue weighted by atomic mass is 19.4. The van der Waals surface area contributed by atoms with Crippen LogP contribution in [0.3, 0.4) is 0 Å². The van der Waals surface area contributed by atoms with Crippen molar-refractivity contribution in [1.82, 2.24) is 24.6 Å². The SMILES string of the molecule is CC(=O)N1CCN(c2ccc(CN(C(=O)/C=C/c3ccc(C(F)(F)F)nc3)[C@@H](Cc3ccccc3)C(=O)N3CCN(Cc4ccc(N(C)CCO)cc4)CC3)cc2)CC1. The normalized spacial score (nSPS) is 15.7. The molecule has 3 amide bonds. The van der Waals surface area contributed by atoms with Gasteiger partial charge in [-0.1, -0.05) is 60.7 Å². The molecule has 312 valence electrons.